The van der Waals surface area contributed by atoms with Crippen LogP contribution in [0.15, 0.2) is 71.5 Å². The van der Waals surface area contributed by atoms with Crippen LogP contribution < -0.4 is 25.7 Å². The van der Waals surface area contributed by atoms with Gasteiger partial charge >= 0.3 is 0 Å². The van der Waals surface area contributed by atoms with Crippen LogP contribution in [-0.2, 0) is 4.74 Å². The van der Waals surface area contributed by atoms with E-state index in [1.807, 2.05) is 48.7 Å². The molecule has 9 nitrogen and oxygen atoms in total. The summed E-state index contributed by atoms with van der Waals surface area (Å²) in [4.78, 5) is 32.0. The molecular weight excluding hydrogens is 554 g/mol. The minimum atomic E-state index is -0.344. The third kappa shape index (κ3) is 4.66. The molecule has 8 rings (SSSR count). The lowest BCUT2D eigenvalue weighted by molar-refractivity contribution is 0.0107. The van der Waals surface area contributed by atoms with E-state index in [0.717, 1.165) is 67.2 Å². The van der Waals surface area contributed by atoms with Crippen LogP contribution in [0.3, 0.4) is 0 Å². The third-order valence-corrected chi connectivity index (χ3v) is 9.28. The fraction of sp³-hybridized carbons (Fsp3) is 0.371. The van der Waals surface area contributed by atoms with Crippen molar-refractivity contribution in [2.24, 2.45) is 0 Å². The van der Waals surface area contributed by atoms with Gasteiger partial charge in [0.15, 0.2) is 17.4 Å². The highest BCUT2D eigenvalue weighted by atomic mass is 16.5. The second-order valence-corrected chi connectivity index (χ2v) is 12.9. The van der Waals surface area contributed by atoms with Gasteiger partial charge in [-0.25, -0.2) is 0 Å². The van der Waals surface area contributed by atoms with Crippen LogP contribution in [-0.4, -0.2) is 66.3 Å². The summed E-state index contributed by atoms with van der Waals surface area (Å²) >= 11 is 0. The van der Waals surface area contributed by atoms with Crippen molar-refractivity contribution in [3.63, 3.8) is 0 Å². The Bertz CT molecular complexity index is 1910. The van der Waals surface area contributed by atoms with Crippen molar-refractivity contribution >= 4 is 33.3 Å². The number of nitrogens with zero attached hydrogens (tertiary/aromatic N) is 3. The molecule has 0 aliphatic carbocycles. The number of carbonyl (C=O) groups excluding carboxylic acids is 1. The molecule has 0 spiro atoms. The van der Waals surface area contributed by atoms with Gasteiger partial charge in [0.25, 0.3) is 5.91 Å². The van der Waals surface area contributed by atoms with E-state index in [4.69, 9.17) is 9.47 Å². The highest BCUT2D eigenvalue weighted by molar-refractivity contribution is 6.02. The number of rotatable bonds is 7. The number of ether oxygens (including phenoxy) is 2. The van der Waals surface area contributed by atoms with Gasteiger partial charge in [-0.15, -0.1) is 0 Å². The Balaban J connectivity index is 1.18. The van der Waals surface area contributed by atoms with Crippen molar-refractivity contribution in [3.05, 3.63) is 82.5 Å². The molecule has 44 heavy (non-hydrogen) atoms. The summed E-state index contributed by atoms with van der Waals surface area (Å²) in [6.07, 6.45) is 7.16. The van der Waals surface area contributed by atoms with Crippen molar-refractivity contribution in [2.75, 3.05) is 44.2 Å². The number of benzene rings is 3. The van der Waals surface area contributed by atoms with Crippen molar-refractivity contribution in [3.8, 4) is 17.2 Å². The van der Waals surface area contributed by atoms with E-state index in [2.05, 4.69) is 44.7 Å². The molecule has 4 aromatic rings. The first-order valence-electron chi connectivity index (χ1n) is 15.7. The summed E-state index contributed by atoms with van der Waals surface area (Å²) in [5.41, 5.74) is 2.06. The number of carbonyl (C=O) groups is 1. The molecule has 3 aromatic carbocycles. The molecular formula is C35H37N5O4. The molecule has 1 atom stereocenters. The van der Waals surface area contributed by atoms with Crippen molar-refractivity contribution < 1.29 is 14.3 Å². The average Bonchev–Trinajstić information content (AvgIpc) is 3.69. The maximum absolute atomic E-state index is 13.9. The van der Waals surface area contributed by atoms with Gasteiger partial charge in [0.05, 0.1) is 16.8 Å². The lowest BCUT2D eigenvalue weighted by Crippen LogP contribution is -2.42. The lowest BCUT2D eigenvalue weighted by Gasteiger charge is -2.35. The van der Waals surface area contributed by atoms with Gasteiger partial charge in [0.2, 0.25) is 5.43 Å². The molecule has 2 fully saturated rings. The number of anilines is 1. The first kappa shape index (κ1) is 27.1. The predicted octanol–water partition coefficient (Wildman–Crippen LogP) is 4.89. The number of amides is 1. The number of fused-ring (bicyclic) bond motifs is 3. The van der Waals surface area contributed by atoms with Gasteiger partial charge < -0.3 is 34.5 Å². The highest BCUT2D eigenvalue weighted by Gasteiger charge is 2.34. The number of hydrogen-bond donors (Lipinski definition) is 2. The van der Waals surface area contributed by atoms with E-state index in [1.54, 1.807) is 6.20 Å². The second kappa shape index (κ2) is 10.3. The molecule has 1 aromatic heterocycles. The normalized spacial score (nSPS) is 20.1. The Morgan fingerprint density at radius 3 is 2.57 bits per heavy atom. The Hall–Kier alpha value is -4.50. The first-order chi connectivity index (χ1) is 21.3. The first-order valence-corrected chi connectivity index (χ1v) is 15.7. The molecule has 226 valence electrons. The Morgan fingerprint density at radius 2 is 1.80 bits per heavy atom. The zero-order chi connectivity index (χ0) is 30.0. The summed E-state index contributed by atoms with van der Waals surface area (Å²) in [5, 5.41) is 9.12. The number of pyridine rings is 1. The van der Waals surface area contributed by atoms with Crippen LogP contribution in [0.4, 0.5) is 5.69 Å². The minimum absolute atomic E-state index is 0.140. The molecule has 1 unspecified atom stereocenters. The summed E-state index contributed by atoms with van der Waals surface area (Å²) < 4.78 is 14.5. The molecule has 0 radical (unpaired) electrons. The molecule has 5 heterocycles. The summed E-state index contributed by atoms with van der Waals surface area (Å²) in [6.45, 7) is 9.11. The lowest BCUT2D eigenvalue weighted by atomic mass is 10.0. The Morgan fingerprint density at radius 1 is 1.02 bits per heavy atom. The van der Waals surface area contributed by atoms with Crippen molar-refractivity contribution in [1.29, 1.82) is 0 Å². The predicted molar refractivity (Wildman–Crippen MR) is 172 cm³/mol. The maximum Gasteiger partial charge on any atom is 0.256 e. The summed E-state index contributed by atoms with van der Waals surface area (Å²) in [6, 6.07) is 16.3. The zero-order valence-electron chi connectivity index (χ0n) is 25.2. The molecule has 9 heteroatoms. The molecule has 4 aliphatic rings. The smallest absolute Gasteiger partial charge is 0.256 e. The second-order valence-electron chi connectivity index (χ2n) is 12.9. The molecule has 0 saturated carbocycles. The standard InChI is InChI=1S/C35H37N5O4/c1-35(2)19-30(44-35)37-24-11-15-39(20-24)27-10-9-25-31-33(27)43-29-18-23-8-4-3-7-22(23)17-28(29)40(31)21-26(32(25)41)34(42)36-12-16-38-13-5-6-14-38/h3-4,7-10,17-19,21,24,37H,5-6,11-16,20H2,1-2H3,(H,36,42). The van der Waals surface area contributed by atoms with E-state index in [0.29, 0.717) is 28.9 Å². The van der Waals surface area contributed by atoms with Crippen LogP contribution >= 0.6 is 0 Å². The van der Waals surface area contributed by atoms with Crippen LogP contribution in [0.5, 0.6) is 11.5 Å². The summed E-state index contributed by atoms with van der Waals surface area (Å²) in [5.74, 6) is 1.82. The quantitative estimate of drug-likeness (QED) is 0.279. The summed E-state index contributed by atoms with van der Waals surface area (Å²) in [7, 11) is 0. The van der Waals surface area contributed by atoms with E-state index < -0.39 is 0 Å². The van der Waals surface area contributed by atoms with Crippen LogP contribution in [0.1, 0.15) is 43.5 Å². The van der Waals surface area contributed by atoms with E-state index in [9.17, 15) is 9.59 Å². The molecule has 4 aliphatic heterocycles. The molecule has 0 bridgehead atoms. The SMILES string of the molecule is CC1(C)C=C(NC2CCN(c3ccc4c(=O)c(C(=O)NCCN5CCCC5)cn5c4c3Oc3cc4ccccc4cc3-5)C2)O1. The van der Waals surface area contributed by atoms with Gasteiger partial charge in [-0.2, -0.15) is 0 Å². The zero-order valence-corrected chi connectivity index (χ0v) is 25.2. The van der Waals surface area contributed by atoms with Gasteiger partial charge in [-0.3, -0.25) is 9.59 Å². The van der Waals surface area contributed by atoms with E-state index >= 15 is 0 Å². The van der Waals surface area contributed by atoms with Crippen molar-refractivity contribution in [1.82, 2.24) is 20.1 Å². The number of hydrogen-bond acceptors (Lipinski definition) is 7. The van der Waals surface area contributed by atoms with Gasteiger partial charge in [0, 0.05) is 44.5 Å². The molecule has 1 amide bonds. The topological polar surface area (TPSA) is 88.1 Å². The van der Waals surface area contributed by atoms with Crippen LogP contribution in [0.2, 0.25) is 0 Å². The Kier molecular flexibility index (Phi) is 6.34. The van der Waals surface area contributed by atoms with Crippen LogP contribution in [0.25, 0.3) is 27.4 Å². The van der Waals surface area contributed by atoms with E-state index in [-0.39, 0.29) is 28.5 Å². The van der Waals surface area contributed by atoms with Gasteiger partial charge in [-0.05, 0) is 81.2 Å². The third-order valence-electron chi connectivity index (χ3n) is 9.28. The molecule has 2 saturated heterocycles. The maximum atomic E-state index is 13.9. The fourth-order valence-electron chi connectivity index (χ4n) is 7.07. The number of nitrogens with one attached hydrogen (secondary N) is 2. The molecule has 2 N–H and O–H groups in total. The van der Waals surface area contributed by atoms with E-state index in [1.165, 1.54) is 12.8 Å². The highest BCUT2D eigenvalue weighted by Crippen LogP contribution is 2.47. The number of likely N-dealkylation sites (tertiary alicyclic amines) is 1. The fourth-order valence-corrected chi connectivity index (χ4v) is 7.07. The monoisotopic (exact) mass is 591 g/mol. The van der Waals surface area contributed by atoms with Crippen molar-refractivity contribution in [2.45, 2.75) is 44.8 Å². The Labute approximate surface area is 256 Å². The largest absolute Gasteiger partial charge is 0.469 e. The van der Waals surface area contributed by atoms with Crippen LogP contribution in [0, 0.1) is 0 Å². The van der Waals surface area contributed by atoms with Gasteiger partial charge in [-0.1, -0.05) is 24.3 Å². The van der Waals surface area contributed by atoms with Gasteiger partial charge in [0.1, 0.15) is 16.7 Å². The number of aromatic nitrogens is 1. The average molecular weight is 592 g/mol. The minimum Gasteiger partial charge on any atom is -0.469 e.